The molecule has 2 rings (SSSR count). The second kappa shape index (κ2) is 9.62. The summed E-state index contributed by atoms with van der Waals surface area (Å²) >= 11 is 0. The molecule has 0 amide bonds. The van der Waals surface area contributed by atoms with Gasteiger partial charge in [0.1, 0.15) is 5.75 Å². The number of methoxy groups -OCH3 is 1. The van der Waals surface area contributed by atoms with Crippen LogP contribution in [-0.2, 0) is 0 Å². The fourth-order valence-electron chi connectivity index (χ4n) is 2.88. The van der Waals surface area contributed by atoms with Crippen molar-refractivity contribution in [1.29, 1.82) is 0 Å². The maximum Gasteiger partial charge on any atom is 0.118 e. The third-order valence-corrected chi connectivity index (χ3v) is 4.22. The number of aliphatic hydroxyl groups is 1. The molecule has 22 heavy (non-hydrogen) atoms. The summed E-state index contributed by atoms with van der Waals surface area (Å²) in [7, 11) is 1.68. The van der Waals surface area contributed by atoms with E-state index in [1.54, 1.807) is 7.11 Å². The van der Waals surface area contributed by atoms with Crippen LogP contribution in [0.15, 0.2) is 30.3 Å². The lowest BCUT2D eigenvalue weighted by atomic mass is 10.0. The predicted molar refractivity (Wildman–Crippen MR) is 91.2 cm³/mol. The molecule has 1 aliphatic heterocycles. The van der Waals surface area contributed by atoms with E-state index in [0.29, 0.717) is 6.04 Å². The second-order valence-electron chi connectivity index (χ2n) is 5.75. The number of nitrogens with zero attached hydrogens (tertiary/aromatic N) is 1. The van der Waals surface area contributed by atoms with Crippen molar-refractivity contribution in [2.24, 2.45) is 0 Å². The van der Waals surface area contributed by atoms with Gasteiger partial charge in [-0.2, -0.15) is 0 Å². The number of ether oxygens (including phenoxy) is 1. The molecule has 2 N–H and O–H groups in total. The molecule has 1 heterocycles. The zero-order valence-corrected chi connectivity index (χ0v) is 13.5. The number of nitrogens with one attached hydrogen (secondary N) is 1. The Morgan fingerprint density at radius 3 is 2.86 bits per heavy atom. The Balaban J connectivity index is 1.62. The van der Waals surface area contributed by atoms with Crippen molar-refractivity contribution < 1.29 is 9.84 Å². The quantitative estimate of drug-likeness (QED) is 0.722. The standard InChI is InChI=1S/C18H28N2O2/c1-22-18-9-7-16(8-10-18)5-4-11-19-12-14-20-13-3-2-6-17(20)15-21/h4-5,7-10,17,19,21H,2-3,6,11-15H2,1H3. The van der Waals surface area contributed by atoms with Gasteiger partial charge in [0.2, 0.25) is 0 Å². The van der Waals surface area contributed by atoms with Crippen LogP contribution >= 0.6 is 0 Å². The van der Waals surface area contributed by atoms with E-state index >= 15 is 0 Å². The van der Waals surface area contributed by atoms with Gasteiger partial charge in [-0.05, 0) is 37.1 Å². The minimum Gasteiger partial charge on any atom is -0.497 e. The van der Waals surface area contributed by atoms with Crippen LogP contribution in [0.1, 0.15) is 24.8 Å². The number of benzene rings is 1. The fourth-order valence-corrected chi connectivity index (χ4v) is 2.88. The van der Waals surface area contributed by atoms with Crippen molar-refractivity contribution in [2.45, 2.75) is 25.3 Å². The average molecular weight is 304 g/mol. The molecule has 1 atom stereocenters. The van der Waals surface area contributed by atoms with Crippen molar-refractivity contribution in [3.8, 4) is 5.75 Å². The third kappa shape index (κ3) is 5.44. The Morgan fingerprint density at radius 1 is 1.32 bits per heavy atom. The first-order valence-electron chi connectivity index (χ1n) is 8.19. The Hall–Kier alpha value is -1.36. The van der Waals surface area contributed by atoms with Gasteiger partial charge in [-0.15, -0.1) is 0 Å². The zero-order chi connectivity index (χ0) is 15.6. The first kappa shape index (κ1) is 17.0. The summed E-state index contributed by atoms with van der Waals surface area (Å²) in [6.07, 6.45) is 7.90. The van der Waals surface area contributed by atoms with Gasteiger partial charge in [-0.25, -0.2) is 0 Å². The number of rotatable bonds is 8. The van der Waals surface area contributed by atoms with E-state index in [1.165, 1.54) is 18.4 Å². The summed E-state index contributed by atoms with van der Waals surface area (Å²) < 4.78 is 5.14. The minimum absolute atomic E-state index is 0.289. The summed E-state index contributed by atoms with van der Waals surface area (Å²) in [4.78, 5) is 2.41. The largest absolute Gasteiger partial charge is 0.497 e. The SMILES string of the molecule is COc1ccc(C=CCNCCN2CCCCC2CO)cc1. The molecule has 122 valence electrons. The number of likely N-dealkylation sites (tertiary alicyclic amines) is 1. The normalized spacial score (nSPS) is 19.6. The number of hydrogen-bond acceptors (Lipinski definition) is 4. The van der Waals surface area contributed by atoms with Gasteiger partial charge in [0.15, 0.2) is 0 Å². The summed E-state index contributed by atoms with van der Waals surface area (Å²) in [5.74, 6) is 0.884. The highest BCUT2D eigenvalue weighted by Gasteiger charge is 2.20. The minimum atomic E-state index is 0.289. The first-order valence-corrected chi connectivity index (χ1v) is 8.19. The molecule has 1 saturated heterocycles. The molecule has 0 bridgehead atoms. The second-order valence-corrected chi connectivity index (χ2v) is 5.75. The first-order chi connectivity index (χ1) is 10.8. The lowest BCUT2D eigenvalue weighted by molar-refractivity contribution is 0.0913. The summed E-state index contributed by atoms with van der Waals surface area (Å²) in [6.45, 7) is 4.25. The monoisotopic (exact) mass is 304 g/mol. The van der Waals surface area contributed by atoms with Crippen LogP contribution in [0.3, 0.4) is 0 Å². The molecular formula is C18H28N2O2. The third-order valence-electron chi connectivity index (χ3n) is 4.22. The van der Waals surface area contributed by atoms with Crippen LogP contribution in [0, 0.1) is 0 Å². The van der Waals surface area contributed by atoms with Crippen LogP contribution < -0.4 is 10.1 Å². The Bertz CT molecular complexity index is 445. The van der Waals surface area contributed by atoms with Crippen LogP contribution in [-0.4, -0.2) is 55.9 Å². The van der Waals surface area contributed by atoms with Gasteiger partial charge in [-0.3, -0.25) is 4.90 Å². The van der Waals surface area contributed by atoms with E-state index in [4.69, 9.17) is 4.74 Å². The van der Waals surface area contributed by atoms with Gasteiger partial charge in [-0.1, -0.05) is 30.7 Å². The topological polar surface area (TPSA) is 44.7 Å². The van der Waals surface area contributed by atoms with E-state index in [0.717, 1.165) is 38.3 Å². The van der Waals surface area contributed by atoms with Crippen LogP contribution in [0.4, 0.5) is 0 Å². The predicted octanol–water partition coefficient (Wildman–Crippen LogP) is 2.14. The van der Waals surface area contributed by atoms with Crippen molar-refractivity contribution in [2.75, 3.05) is 39.9 Å². The molecule has 0 aromatic heterocycles. The van der Waals surface area contributed by atoms with Crippen LogP contribution in [0.5, 0.6) is 5.75 Å². The molecule has 1 fully saturated rings. The lowest BCUT2D eigenvalue weighted by Crippen LogP contribution is -2.44. The molecule has 4 heteroatoms. The highest BCUT2D eigenvalue weighted by molar-refractivity contribution is 5.50. The van der Waals surface area contributed by atoms with Crippen LogP contribution in [0.25, 0.3) is 6.08 Å². The van der Waals surface area contributed by atoms with Gasteiger partial charge in [0.25, 0.3) is 0 Å². The Labute approximate surface area is 133 Å². The number of aliphatic hydroxyl groups excluding tert-OH is 1. The molecule has 1 unspecified atom stereocenters. The molecule has 1 aliphatic rings. The Morgan fingerprint density at radius 2 is 2.14 bits per heavy atom. The highest BCUT2D eigenvalue weighted by atomic mass is 16.5. The molecule has 0 radical (unpaired) electrons. The molecular weight excluding hydrogens is 276 g/mol. The van der Waals surface area contributed by atoms with E-state index in [2.05, 4.69) is 34.5 Å². The van der Waals surface area contributed by atoms with Crippen LogP contribution in [0.2, 0.25) is 0 Å². The number of hydrogen-bond donors (Lipinski definition) is 2. The van der Waals surface area contributed by atoms with Crippen molar-refractivity contribution in [1.82, 2.24) is 10.2 Å². The van der Waals surface area contributed by atoms with Gasteiger partial charge >= 0.3 is 0 Å². The van der Waals surface area contributed by atoms with Gasteiger partial charge in [0, 0.05) is 25.7 Å². The summed E-state index contributed by atoms with van der Waals surface area (Å²) in [5, 5.41) is 12.8. The van der Waals surface area contributed by atoms with Crippen molar-refractivity contribution in [3.05, 3.63) is 35.9 Å². The molecule has 0 saturated carbocycles. The van der Waals surface area contributed by atoms with Gasteiger partial charge in [0.05, 0.1) is 13.7 Å². The summed E-state index contributed by atoms with van der Waals surface area (Å²) in [6, 6.07) is 8.41. The maximum atomic E-state index is 9.38. The number of piperidine rings is 1. The maximum absolute atomic E-state index is 9.38. The molecule has 0 spiro atoms. The van der Waals surface area contributed by atoms with E-state index in [-0.39, 0.29) is 6.61 Å². The summed E-state index contributed by atoms with van der Waals surface area (Å²) in [5.41, 5.74) is 1.18. The molecule has 1 aromatic rings. The zero-order valence-electron chi connectivity index (χ0n) is 13.5. The average Bonchev–Trinajstić information content (AvgIpc) is 2.58. The Kier molecular flexibility index (Phi) is 7.43. The van der Waals surface area contributed by atoms with E-state index in [1.807, 2.05) is 12.1 Å². The fraction of sp³-hybridized carbons (Fsp3) is 0.556. The lowest BCUT2D eigenvalue weighted by Gasteiger charge is -2.34. The van der Waals surface area contributed by atoms with E-state index in [9.17, 15) is 5.11 Å². The van der Waals surface area contributed by atoms with Gasteiger partial charge < -0.3 is 15.2 Å². The van der Waals surface area contributed by atoms with Crippen molar-refractivity contribution >= 4 is 6.08 Å². The highest BCUT2D eigenvalue weighted by Crippen LogP contribution is 2.15. The molecule has 1 aromatic carbocycles. The van der Waals surface area contributed by atoms with Crippen molar-refractivity contribution in [3.63, 3.8) is 0 Å². The van der Waals surface area contributed by atoms with E-state index < -0.39 is 0 Å². The molecule has 0 aliphatic carbocycles. The smallest absolute Gasteiger partial charge is 0.118 e. The molecule has 4 nitrogen and oxygen atoms in total.